The minimum atomic E-state index is 0.296. The molecule has 0 radical (unpaired) electrons. The summed E-state index contributed by atoms with van der Waals surface area (Å²) >= 11 is 0. The molecule has 0 aromatic carbocycles. The molecule has 0 bridgehead atoms. The zero-order valence-electron chi connectivity index (χ0n) is 12.1. The van der Waals surface area contributed by atoms with Crippen LogP contribution in [0.5, 0.6) is 0 Å². The van der Waals surface area contributed by atoms with Crippen molar-refractivity contribution in [2.24, 2.45) is 10.9 Å². The Hall–Kier alpha value is -0.810. The standard InChI is InChI=1S/C14H26N4O/c1-10-6-13(10)17-14(15-2)16-7-12-8-18-5-3-4-11(18)9-19-12/h10-13H,3-9H2,1-2H3,(H2,15,16,17). The summed E-state index contributed by atoms with van der Waals surface area (Å²) in [6.07, 6.45) is 4.19. The quantitative estimate of drug-likeness (QED) is 0.574. The largest absolute Gasteiger partial charge is 0.373 e. The third-order valence-electron chi connectivity index (χ3n) is 4.61. The van der Waals surface area contributed by atoms with Crippen LogP contribution in [0.2, 0.25) is 0 Å². The van der Waals surface area contributed by atoms with Gasteiger partial charge >= 0.3 is 0 Å². The average Bonchev–Trinajstić information content (AvgIpc) is 2.92. The lowest BCUT2D eigenvalue weighted by Gasteiger charge is -2.35. The van der Waals surface area contributed by atoms with Crippen molar-refractivity contribution in [1.29, 1.82) is 0 Å². The lowest BCUT2D eigenvalue weighted by Crippen LogP contribution is -2.51. The molecule has 5 nitrogen and oxygen atoms in total. The van der Waals surface area contributed by atoms with Crippen LogP contribution in [0.25, 0.3) is 0 Å². The van der Waals surface area contributed by atoms with Crippen molar-refractivity contribution in [3.8, 4) is 0 Å². The van der Waals surface area contributed by atoms with Gasteiger partial charge in [0.2, 0.25) is 0 Å². The molecule has 1 aliphatic carbocycles. The molecule has 0 aromatic heterocycles. The van der Waals surface area contributed by atoms with E-state index in [0.29, 0.717) is 18.2 Å². The smallest absolute Gasteiger partial charge is 0.191 e. The molecule has 2 N–H and O–H groups in total. The Kier molecular flexibility index (Phi) is 3.93. The maximum absolute atomic E-state index is 5.94. The van der Waals surface area contributed by atoms with Crippen LogP contribution in [0.1, 0.15) is 26.2 Å². The van der Waals surface area contributed by atoms with Crippen LogP contribution in [0.3, 0.4) is 0 Å². The summed E-state index contributed by atoms with van der Waals surface area (Å²) in [7, 11) is 1.83. The predicted octanol–water partition coefficient (Wildman–Crippen LogP) is 0.423. The van der Waals surface area contributed by atoms with E-state index >= 15 is 0 Å². The first-order valence-corrected chi connectivity index (χ1v) is 7.59. The van der Waals surface area contributed by atoms with Crippen molar-refractivity contribution in [3.05, 3.63) is 0 Å². The van der Waals surface area contributed by atoms with E-state index in [0.717, 1.165) is 31.6 Å². The molecule has 2 heterocycles. The summed E-state index contributed by atoms with van der Waals surface area (Å²) in [5, 5.41) is 6.84. The molecule has 4 unspecified atom stereocenters. The third-order valence-corrected chi connectivity index (χ3v) is 4.61. The molecular weight excluding hydrogens is 240 g/mol. The highest BCUT2D eigenvalue weighted by atomic mass is 16.5. The van der Waals surface area contributed by atoms with Gasteiger partial charge in [-0.1, -0.05) is 6.92 Å². The summed E-state index contributed by atoms with van der Waals surface area (Å²) in [5.74, 6) is 1.70. The summed E-state index contributed by atoms with van der Waals surface area (Å²) in [5.41, 5.74) is 0. The monoisotopic (exact) mass is 266 g/mol. The minimum absolute atomic E-state index is 0.296. The molecule has 0 spiro atoms. The fourth-order valence-electron chi connectivity index (χ4n) is 3.11. The van der Waals surface area contributed by atoms with Crippen molar-refractivity contribution in [3.63, 3.8) is 0 Å². The number of ether oxygens (including phenoxy) is 1. The lowest BCUT2D eigenvalue weighted by atomic mass is 10.2. The first-order chi connectivity index (χ1) is 9.26. The second-order valence-corrected chi connectivity index (χ2v) is 6.16. The Morgan fingerprint density at radius 2 is 2.32 bits per heavy atom. The molecule has 108 valence electrons. The topological polar surface area (TPSA) is 48.9 Å². The Labute approximate surface area is 115 Å². The summed E-state index contributed by atoms with van der Waals surface area (Å²) in [6, 6.07) is 1.29. The van der Waals surface area contributed by atoms with Gasteiger partial charge in [0.05, 0.1) is 12.7 Å². The van der Waals surface area contributed by atoms with E-state index in [-0.39, 0.29) is 0 Å². The Balaban J connectivity index is 1.41. The van der Waals surface area contributed by atoms with Gasteiger partial charge in [0.15, 0.2) is 5.96 Å². The van der Waals surface area contributed by atoms with Crippen molar-refractivity contribution in [2.75, 3.05) is 33.3 Å². The van der Waals surface area contributed by atoms with E-state index in [1.54, 1.807) is 0 Å². The van der Waals surface area contributed by atoms with E-state index in [9.17, 15) is 0 Å². The van der Waals surface area contributed by atoms with Gasteiger partial charge in [0, 0.05) is 32.2 Å². The first kappa shape index (κ1) is 13.2. The van der Waals surface area contributed by atoms with Gasteiger partial charge in [-0.3, -0.25) is 9.89 Å². The van der Waals surface area contributed by atoms with Gasteiger partial charge < -0.3 is 15.4 Å². The maximum Gasteiger partial charge on any atom is 0.191 e. The average molecular weight is 266 g/mol. The van der Waals surface area contributed by atoms with Gasteiger partial charge in [0.1, 0.15) is 0 Å². The van der Waals surface area contributed by atoms with Crippen molar-refractivity contribution in [1.82, 2.24) is 15.5 Å². The number of nitrogens with one attached hydrogen (secondary N) is 2. The van der Waals surface area contributed by atoms with Crippen molar-refractivity contribution in [2.45, 2.75) is 44.4 Å². The second-order valence-electron chi connectivity index (χ2n) is 6.16. The minimum Gasteiger partial charge on any atom is -0.373 e. The highest BCUT2D eigenvalue weighted by Crippen LogP contribution is 2.28. The molecule has 4 atom stereocenters. The van der Waals surface area contributed by atoms with Gasteiger partial charge in [-0.25, -0.2) is 0 Å². The number of nitrogens with zero attached hydrogens (tertiary/aromatic N) is 2. The Bertz CT molecular complexity index is 346. The van der Waals surface area contributed by atoms with Crippen LogP contribution in [-0.2, 0) is 4.74 Å². The zero-order valence-corrected chi connectivity index (χ0v) is 12.1. The van der Waals surface area contributed by atoms with Crippen molar-refractivity contribution >= 4 is 5.96 Å². The fourth-order valence-corrected chi connectivity index (χ4v) is 3.11. The van der Waals surface area contributed by atoms with Gasteiger partial charge in [-0.2, -0.15) is 0 Å². The molecular formula is C14H26N4O. The van der Waals surface area contributed by atoms with Gasteiger partial charge in [0.25, 0.3) is 0 Å². The number of hydrogen-bond donors (Lipinski definition) is 2. The molecule has 19 heavy (non-hydrogen) atoms. The molecule has 0 amide bonds. The number of fused-ring (bicyclic) bond motifs is 1. The number of guanidine groups is 1. The van der Waals surface area contributed by atoms with E-state index in [1.165, 1.54) is 25.8 Å². The van der Waals surface area contributed by atoms with Crippen LogP contribution in [-0.4, -0.2) is 62.3 Å². The van der Waals surface area contributed by atoms with E-state index in [1.807, 2.05) is 7.05 Å². The molecule has 1 saturated carbocycles. The normalized spacial score (nSPS) is 38.9. The number of rotatable bonds is 3. The Morgan fingerprint density at radius 3 is 3.05 bits per heavy atom. The molecule has 3 rings (SSSR count). The van der Waals surface area contributed by atoms with E-state index in [4.69, 9.17) is 4.74 Å². The van der Waals surface area contributed by atoms with Crippen molar-refractivity contribution < 1.29 is 4.74 Å². The number of morpholine rings is 1. The maximum atomic E-state index is 5.94. The van der Waals surface area contributed by atoms with Gasteiger partial charge in [-0.05, 0) is 31.7 Å². The summed E-state index contributed by atoms with van der Waals surface area (Å²) in [6.45, 7) is 6.33. The van der Waals surface area contributed by atoms with Crippen LogP contribution >= 0.6 is 0 Å². The second kappa shape index (κ2) is 5.67. The number of hydrogen-bond acceptors (Lipinski definition) is 3. The van der Waals surface area contributed by atoms with Crippen LogP contribution in [0, 0.1) is 5.92 Å². The van der Waals surface area contributed by atoms with E-state index < -0.39 is 0 Å². The number of aliphatic imine (C=N–C) groups is 1. The summed E-state index contributed by atoms with van der Waals surface area (Å²) < 4.78 is 5.94. The lowest BCUT2D eigenvalue weighted by molar-refractivity contribution is -0.0453. The molecule has 3 aliphatic rings. The molecule has 5 heteroatoms. The van der Waals surface area contributed by atoms with Crippen LogP contribution in [0.4, 0.5) is 0 Å². The van der Waals surface area contributed by atoms with Crippen LogP contribution < -0.4 is 10.6 Å². The fraction of sp³-hybridized carbons (Fsp3) is 0.929. The van der Waals surface area contributed by atoms with E-state index in [2.05, 4.69) is 27.4 Å². The first-order valence-electron chi connectivity index (χ1n) is 7.59. The molecule has 0 aromatic rings. The highest BCUT2D eigenvalue weighted by Gasteiger charge is 2.34. The SMILES string of the molecule is CN=C(NCC1CN2CCCC2CO1)NC1CC1C. The third kappa shape index (κ3) is 3.20. The van der Waals surface area contributed by atoms with Gasteiger partial charge in [-0.15, -0.1) is 0 Å². The van der Waals surface area contributed by atoms with Crippen LogP contribution in [0.15, 0.2) is 4.99 Å². The predicted molar refractivity (Wildman–Crippen MR) is 76.4 cm³/mol. The Morgan fingerprint density at radius 1 is 1.47 bits per heavy atom. The molecule has 2 aliphatic heterocycles. The highest BCUT2D eigenvalue weighted by molar-refractivity contribution is 5.80. The molecule has 3 fully saturated rings. The summed E-state index contributed by atoms with van der Waals surface area (Å²) in [4.78, 5) is 6.86. The molecule has 2 saturated heterocycles. The zero-order chi connectivity index (χ0) is 13.2.